The lowest BCUT2D eigenvalue weighted by molar-refractivity contribution is -0.149. The van der Waals surface area contributed by atoms with Gasteiger partial charge < -0.3 is 35.3 Å². The Labute approximate surface area is 190 Å². The van der Waals surface area contributed by atoms with Crippen LogP contribution >= 0.6 is 8.18 Å². The molecule has 6 N–H and O–H groups in total. The Morgan fingerprint density at radius 3 is 2.76 bits per heavy atom. The lowest BCUT2D eigenvalue weighted by Gasteiger charge is -2.27. The number of nitrogen functional groups attached to an aromatic ring is 1. The van der Waals surface area contributed by atoms with Gasteiger partial charge in [0.25, 0.3) is 8.18 Å². The van der Waals surface area contributed by atoms with E-state index in [0.717, 1.165) is 0 Å². The minimum absolute atomic E-state index is 0.0125. The van der Waals surface area contributed by atoms with Crippen molar-refractivity contribution in [2.75, 3.05) is 24.7 Å². The number of anilines is 2. The van der Waals surface area contributed by atoms with Crippen LogP contribution in [-0.2, 0) is 23.4 Å². The third-order valence-corrected chi connectivity index (χ3v) is 6.20. The third kappa shape index (κ3) is 5.26. The van der Waals surface area contributed by atoms with E-state index in [4.69, 9.17) is 19.7 Å². The van der Waals surface area contributed by atoms with Gasteiger partial charge in [0.05, 0.1) is 19.0 Å². The second-order valence-corrected chi connectivity index (χ2v) is 9.30. The Hall–Kier alpha value is -2.35. The number of imidazole rings is 1. The molecule has 1 fully saturated rings. The van der Waals surface area contributed by atoms with Crippen molar-refractivity contribution >= 4 is 37.1 Å². The molecule has 0 bridgehead atoms. The summed E-state index contributed by atoms with van der Waals surface area (Å²) in [5.41, 5.74) is 4.70. The van der Waals surface area contributed by atoms with E-state index >= 15 is 0 Å². The molecule has 1 aliphatic heterocycles. The number of hydrogen-bond donors (Lipinski definition) is 5. The zero-order valence-corrected chi connectivity index (χ0v) is 20.0. The molecule has 0 spiro atoms. The van der Waals surface area contributed by atoms with Crippen LogP contribution < -0.4 is 16.1 Å². The van der Waals surface area contributed by atoms with Gasteiger partial charge in [0.15, 0.2) is 23.2 Å². The number of nitrogens with zero attached hydrogens (tertiary/aromatic N) is 4. The number of rotatable bonds is 9. The van der Waals surface area contributed by atoms with E-state index in [1.54, 1.807) is 20.9 Å². The molecule has 15 heteroatoms. The fraction of sp³-hybridized carbons (Fsp3) is 0.667. The van der Waals surface area contributed by atoms with Crippen molar-refractivity contribution in [3.8, 4) is 0 Å². The van der Waals surface area contributed by atoms with Crippen molar-refractivity contribution in [3.63, 3.8) is 0 Å². The standard InChI is InChI=1S/C18H30N7O7P/c1-8(2)31-15(27)9(3)24-33(29)30-6-10-12(26)18(4,28)16(32-10)25-7-21-11-13(20-5)22-17(19)23-14(11)25/h7-10,12,16,26,28,33H,6H2,1-5H3,(H,24,29)(H3,19,20,22,23)/t9-,10+,12+,16+,18+/m0/s1. The van der Waals surface area contributed by atoms with Gasteiger partial charge in [-0.25, -0.2) is 10.1 Å². The molecular formula is C18H30N7O7P. The highest BCUT2D eigenvalue weighted by Crippen LogP contribution is 2.40. The molecule has 14 nitrogen and oxygen atoms in total. The molecule has 2 aromatic heterocycles. The first-order valence-electron chi connectivity index (χ1n) is 10.3. The smallest absolute Gasteiger partial charge is 0.323 e. The summed E-state index contributed by atoms with van der Waals surface area (Å²) in [4.78, 5) is 24.3. The fourth-order valence-corrected chi connectivity index (χ4v) is 4.30. The molecule has 1 saturated heterocycles. The van der Waals surface area contributed by atoms with E-state index in [2.05, 4.69) is 25.4 Å². The van der Waals surface area contributed by atoms with Gasteiger partial charge in [-0.2, -0.15) is 9.97 Å². The maximum atomic E-state index is 12.3. The van der Waals surface area contributed by atoms with Gasteiger partial charge in [-0.05, 0) is 27.7 Å². The van der Waals surface area contributed by atoms with Crippen molar-refractivity contribution < 1.29 is 33.6 Å². The highest BCUT2D eigenvalue weighted by Gasteiger charge is 2.53. The third-order valence-electron chi connectivity index (χ3n) is 5.10. The van der Waals surface area contributed by atoms with Crippen LogP contribution in [0, 0.1) is 0 Å². The number of carbonyl (C=O) groups is 1. The van der Waals surface area contributed by atoms with E-state index in [1.807, 2.05) is 0 Å². The highest BCUT2D eigenvalue weighted by molar-refractivity contribution is 7.36. The molecule has 0 aliphatic carbocycles. The summed E-state index contributed by atoms with van der Waals surface area (Å²) in [5.74, 6) is -0.188. The average Bonchev–Trinajstić information content (AvgIpc) is 3.24. The van der Waals surface area contributed by atoms with Crippen molar-refractivity contribution in [2.45, 2.75) is 63.9 Å². The fourth-order valence-electron chi connectivity index (χ4n) is 3.43. The van der Waals surface area contributed by atoms with Gasteiger partial charge in [0, 0.05) is 7.05 Å². The minimum Gasteiger partial charge on any atom is -0.462 e. The number of nitrogens with one attached hydrogen (secondary N) is 2. The number of ether oxygens (including phenoxy) is 2. The summed E-state index contributed by atoms with van der Waals surface area (Å²) in [6.45, 7) is 5.98. The summed E-state index contributed by atoms with van der Waals surface area (Å²) in [6.07, 6.45) is -2.43. The molecule has 2 aromatic rings. The lowest BCUT2D eigenvalue weighted by Crippen LogP contribution is -2.44. The summed E-state index contributed by atoms with van der Waals surface area (Å²) < 4.78 is 29.8. The molecule has 0 aromatic carbocycles. The van der Waals surface area contributed by atoms with Crippen molar-refractivity contribution in [1.82, 2.24) is 24.6 Å². The molecule has 1 unspecified atom stereocenters. The van der Waals surface area contributed by atoms with Crippen LogP contribution in [-0.4, -0.2) is 79.3 Å². The monoisotopic (exact) mass is 487 g/mol. The maximum Gasteiger partial charge on any atom is 0.323 e. The quantitative estimate of drug-likeness (QED) is 0.230. The van der Waals surface area contributed by atoms with E-state index in [0.29, 0.717) is 17.0 Å². The zero-order chi connectivity index (χ0) is 24.5. The first-order valence-corrected chi connectivity index (χ1v) is 11.6. The first-order chi connectivity index (χ1) is 15.4. The number of aliphatic hydroxyl groups excluding tert-OH is 1. The molecule has 3 rings (SSSR count). The second kappa shape index (κ2) is 9.87. The number of carbonyl (C=O) groups excluding carboxylic acids is 1. The summed E-state index contributed by atoms with van der Waals surface area (Å²) in [5, 5.41) is 27.0. The van der Waals surface area contributed by atoms with Crippen molar-refractivity contribution in [2.24, 2.45) is 0 Å². The van der Waals surface area contributed by atoms with Gasteiger partial charge in [0.2, 0.25) is 5.95 Å². The largest absolute Gasteiger partial charge is 0.462 e. The molecule has 0 saturated carbocycles. The normalized spacial score (nSPS) is 27.1. The van der Waals surface area contributed by atoms with E-state index in [-0.39, 0.29) is 18.7 Å². The Bertz CT molecular complexity index is 1030. The number of aliphatic hydroxyl groups is 2. The van der Waals surface area contributed by atoms with Gasteiger partial charge in [-0.15, -0.1) is 0 Å². The lowest BCUT2D eigenvalue weighted by atomic mass is 9.96. The van der Waals surface area contributed by atoms with E-state index in [9.17, 15) is 19.6 Å². The Kier molecular flexibility index (Phi) is 7.56. The molecule has 184 valence electrons. The van der Waals surface area contributed by atoms with Crippen LogP contribution in [0.3, 0.4) is 0 Å². The number of fused-ring (bicyclic) bond motifs is 1. The molecule has 0 amide bonds. The SMILES string of the molecule is CNc1nc(N)nc2c1ncn2[C@@H]1O[C@H](CO[PH](=O)N[C@@H](C)C(=O)OC(C)C)[C@@H](O)[C@@]1(C)O. The van der Waals surface area contributed by atoms with E-state index < -0.39 is 44.2 Å². The Morgan fingerprint density at radius 1 is 1.42 bits per heavy atom. The number of esters is 1. The maximum absolute atomic E-state index is 12.3. The predicted octanol–water partition coefficient (Wildman–Crippen LogP) is -0.204. The Balaban J connectivity index is 1.70. The van der Waals surface area contributed by atoms with Crippen LogP contribution in [0.4, 0.5) is 11.8 Å². The summed E-state index contributed by atoms with van der Waals surface area (Å²) in [7, 11) is -1.22. The number of aromatic nitrogens is 4. The van der Waals surface area contributed by atoms with E-state index in [1.165, 1.54) is 24.7 Å². The van der Waals surface area contributed by atoms with Crippen molar-refractivity contribution in [1.29, 1.82) is 0 Å². The van der Waals surface area contributed by atoms with Crippen LogP contribution in [0.25, 0.3) is 11.2 Å². The second-order valence-electron chi connectivity index (χ2n) is 8.15. The van der Waals surface area contributed by atoms with Crippen molar-refractivity contribution in [3.05, 3.63) is 6.33 Å². The average molecular weight is 487 g/mol. The summed E-state index contributed by atoms with van der Waals surface area (Å²) >= 11 is 0. The zero-order valence-electron chi connectivity index (χ0n) is 19.0. The molecule has 0 radical (unpaired) electrons. The van der Waals surface area contributed by atoms with Gasteiger partial charge >= 0.3 is 5.97 Å². The molecule has 6 atom stereocenters. The minimum atomic E-state index is -2.87. The highest BCUT2D eigenvalue weighted by atomic mass is 31.1. The van der Waals surface area contributed by atoms with Crippen LogP contribution in [0.15, 0.2) is 6.33 Å². The predicted molar refractivity (Wildman–Crippen MR) is 119 cm³/mol. The van der Waals surface area contributed by atoms with Gasteiger partial charge in [-0.1, -0.05) is 0 Å². The first kappa shape index (κ1) is 25.3. The molecule has 3 heterocycles. The Morgan fingerprint density at radius 2 is 2.12 bits per heavy atom. The van der Waals surface area contributed by atoms with Crippen LogP contribution in [0.5, 0.6) is 0 Å². The van der Waals surface area contributed by atoms with Gasteiger partial charge in [0.1, 0.15) is 23.9 Å². The van der Waals surface area contributed by atoms with Gasteiger partial charge in [-0.3, -0.25) is 13.9 Å². The molecule has 1 aliphatic rings. The van der Waals surface area contributed by atoms with Crippen LogP contribution in [0.1, 0.15) is 33.9 Å². The molecule has 33 heavy (non-hydrogen) atoms. The topological polar surface area (TPSA) is 196 Å². The summed E-state index contributed by atoms with van der Waals surface area (Å²) in [6, 6.07) is -0.854. The van der Waals surface area contributed by atoms with Crippen LogP contribution in [0.2, 0.25) is 0 Å². The number of hydrogen-bond acceptors (Lipinski definition) is 12. The molecular weight excluding hydrogens is 457 g/mol. The number of nitrogens with two attached hydrogens (primary N) is 1.